The van der Waals surface area contributed by atoms with Gasteiger partial charge in [0.15, 0.2) is 0 Å². The molecule has 0 aromatic carbocycles. The maximum absolute atomic E-state index is 3.64. The molecule has 0 saturated heterocycles. The Morgan fingerprint density at radius 1 is 0.583 bits per heavy atom. The molecular formula is C10H10Br2. The summed E-state index contributed by atoms with van der Waals surface area (Å²) >= 11 is 7.28. The molecule has 0 spiro atoms. The van der Waals surface area contributed by atoms with Gasteiger partial charge in [0.1, 0.15) is 0 Å². The SMILES string of the molecule is Br[C@H]1C=C[C@@H]2C=C[C@H]1C=C[C@@H]2Br. The van der Waals surface area contributed by atoms with E-state index in [0.717, 1.165) is 0 Å². The first-order valence-electron chi connectivity index (χ1n) is 4.10. The van der Waals surface area contributed by atoms with Gasteiger partial charge in [0.25, 0.3) is 0 Å². The molecule has 2 aliphatic carbocycles. The summed E-state index contributed by atoms with van der Waals surface area (Å²) in [5.74, 6) is 1.04. The lowest BCUT2D eigenvalue weighted by atomic mass is 10.0. The highest BCUT2D eigenvalue weighted by molar-refractivity contribution is 9.09. The van der Waals surface area contributed by atoms with Crippen LogP contribution in [0.1, 0.15) is 0 Å². The van der Waals surface area contributed by atoms with Crippen LogP contribution < -0.4 is 0 Å². The first-order valence-corrected chi connectivity index (χ1v) is 5.93. The summed E-state index contributed by atoms with van der Waals surface area (Å²) in [5.41, 5.74) is 0. The summed E-state index contributed by atoms with van der Waals surface area (Å²) in [6.07, 6.45) is 13.6. The number of hydrogen-bond acceptors (Lipinski definition) is 0. The van der Waals surface area contributed by atoms with Crippen LogP contribution >= 0.6 is 31.9 Å². The molecule has 0 fully saturated rings. The van der Waals surface area contributed by atoms with Crippen molar-refractivity contribution >= 4 is 31.9 Å². The van der Waals surface area contributed by atoms with E-state index in [1.54, 1.807) is 0 Å². The monoisotopic (exact) mass is 288 g/mol. The molecule has 2 heteroatoms. The summed E-state index contributed by atoms with van der Waals surface area (Å²) in [6.45, 7) is 0. The van der Waals surface area contributed by atoms with Gasteiger partial charge in [0, 0.05) is 21.5 Å². The summed E-state index contributed by atoms with van der Waals surface area (Å²) in [5, 5.41) is 0. The zero-order chi connectivity index (χ0) is 8.55. The molecule has 0 N–H and O–H groups in total. The fourth-order valence-corrected chi connectivity index (χ4v) is 2.59. The average Bonchev–Trinajstić information content (AvgIpc) is 2.33. The third-order valence-electron chi connectivity index (χ3n) is 2.33. The Hall–Kier alpha value is 0.180. The lowest BCUT2D eigenvalue weighted by Gasteiger charge is -2.14. The molecule has 0 aromatic rings. The van der Waals surface area contributed by atoms with E-state index in [2.05, 4.69) is 68.3 Å². The molecule has 2 aliphatic rings. The van der Waals surface area contributed by atoms with Crippen LogP contribution in [-0.2, 0) is 0 Å². The topological polar surface area (TPSA) is 0 Å². The molecule has 2 bridgehead atoms. The molecule has 0 unspecified atom stereocenters. The fourth-order valence-electron chi connectivity index (χ4n) is 1.53. The Morgan fingerprint density at radius 3 is 1.33 bits per heavy atom. The summed E-state index contributed by atoms with van der Waals surface area (Å²) in [4.78, 5) is 0.935. The minimum Gasteiger partial charge on any atom is -0.0835 e. The van der Waals surface area contributed by atoms with Gasteiger partial charge in [-0.25, -0.2) is 0 Å². The van der Waals surface area contributed by atoms with Gasteiger partial charge in [-0.3, -0.25) is 0 Å². The summed E-state index contributed by atoms with van der Waals surface area (Å²) in [6, 6.07) is 0. The van der Waals surface area contributed by atoms with E-state index >= 15 is 0 Å². The van der Waals surface area contributed by atoms with Gasteiger partial charge in [0.2, 0.25) is 0 Å². The normalized spacial score (nSPS) is 44.5. The maximum Gasteiger partial charge on any atom is 0.0423 e. The van der Waals surface area contributed by atoms with Crippen LogP contribution in [0, 0.1) is 11.8 Å². The molecule has 64 valence electrons. The summed E-state index contributed by atoms with van der Waals surface area (Å²) < 4.78 is 0. The van der Waals surface area contributed by atoms with Gasteiger partial charge >= 0.3 is 0 Å². The van der Waals surface area contributed by atoms with Gasteiger partial charge < -0.3 is 0 Å². The van der Waals surface area contributed by atoms with Crippen LogP contribution in [0.5, 0.6) is 0 Å². The fraction of sp³-hybridized carbons (Fsp3) is 0.400. The molecule has 0 nitrogen and oxygen atoms in total. The average molecular weight is 290 g/mol. The Kier molecular flexibility index (Phi) is 2.56. The van der Waals surface area contributed by atoms with Crippen molar-refractivity contribution in [3.8, 4) is 0 Å². The first-order chi connectivity index (χ1) is 5.77. The molecule has 0 aromatic heterocycles. The summed E-state index contributed by atoms with van der Waals surface area (Å²) in [7, 11) is 0. The van der Waals surface area contributed by atoms with E-state index < -0.39 is 0 Å². The Labute approximate surface area is 89.7 Å². The van der Waals surface area contributed by atoms with Crippen molar-refractivity contribution in [1.29, 1.82) is 0 Å². The standard InChI is InChI=1S/C10H10Br2/c11-9-6-4-8-2-1-7(9)3-5-10(8)12/h1-10H/t7-,8-,9-,10-/m0/s1. The molecule has 12 heavy (non-hydrogen) atoms. The van der Waals surface area contributed by atoms with E-state index in [9.17, 15) is 0 Å². The molecule has 0 radical (unpaired) electrons. The van der Waals surface area contributed by atoms with Crippen LogP contribution in [0.25, 0.3) is 0 Å². The second-order valence-corrected chi connectivity index (χ2v) is 5.31. The van der Waals surface area contributed by atoms with Crippen molar-refractivity contribution in [3.63, 3.8) is 0 Å². The number of rotatable bonds is 0. The van der Waals surface area contributed by atoms with Crippen molar-refractivity contribution in [2.45, 2.75) is 9.65 Å². The zero-order valence-corrected chi connectivity index (χ0v) is 9.70. The molecule has 0 amide bonds. The van der Waals surface area contributed by atoms with Crippen molar-refractivity contribution < 1.29 is 0 Å². The third kappa shape index (κ3) is 1.60. The van der Waals surface area contributed by atoms with Gasteiger partial charge in [-0.1, -0.05) is 68.3 Å². The van der Waals surface area contributed by atoms with E-state index in [0.29, 0.717) is 21.5 Å². The molecule has 0 saturated carbocycles. The van der Waals surface area contributed by atoms with E-state index in [4.69, 9.17) is 0 Å². The lowest BCUT2D eigenvalue weighted by molar-refractivity contribution is 0.840. The first kappa shape index (κ1) is 8.76. The Morgan fingerprint density at radius 2 is 0.917 bits per heavy atom. The van der Waals surface area contributed by atoms with Crippen LogP contribution in [0.3, 0.4) is 0 Å². The molecule has 2 rings (SSSR count). The number of fused-ring (bicyclic) bond motifs is 2. The zero-order valence-electron chi connectivity index (χ0n) is 6.53. The highest BCUT2D eigenvalue weighted by atomic mass is 79.9. The van der Waals surface area contributed by atoms with Gasteiger partial charge in [0.05, 0.1) is 0 Å². The predicted molar refractivity (Wildman–Crippen MR) is 59.8 cm³/mol. The number of alkyl halides is 2. The van der Waals surface area contributed by atoms with Crippen LogP contribution in [0.15, 0.2) is 36.5 Å². The Balaban J connectivity index is 2.35. The number of allylic oxidation sites excluding steroid dienone is 6. The number of halogens is 2. The van der Waals surface area contributed by atoms with E-state index in [1.165, 1.54) is 0 Å². The highest BCUT2D eigenvalue weighted by Crippen LogP contribution is 2.30. The van der Waals surface area contributed by atoms with Gasteiger partial charge in [-0.15, -0.1) is 0 Å². The van der Waals surface area contributed by atoms with E-state index in [-0.39, 0.29) is 0 Å². The molecule has 0 heterocycles. The van der Waals surface area contributed by atoms with Crippen molar-refractivity contribution in [2.24, 2.45) is 11.8 Å². The molecule has 0 aliphatic heterocycles. The van der Waals surface area contributed by atoms with Crippen LogP contribution in [0.4, 0.5) is 0 Å². The predicted octanol–water partition coefficient (Wildman–Crippen LogP) is 3.44. The van der Waals surface area contributed by atoms with Gasteiger partial charge in [-0.2, -0.15) is 0 Å². The van der Waals surface area contributed by atoms with Crippen molar-refractivity contribution in [3.05, 3.63) is 36.5 Å². The van der Waals surface area contributed by atoms with Crippen LogP contribution in [-0.4, -0.2) is 9.65 Å². The minimum absolute atomic E-state index is 0.468. The highest BCUT2D eigenvalue weighted by Gasteiger charge is 2.21. The second-order valence-electron chi connectivity index (χ2n) is 3.20. The smallest absolute Gasteiger partial charge is 0.0423 e. The minimum atomic E-state index is 0.468. The quantitative estimate of drug-likeness (QED) is 0.473. The van der Waals surface area contributed by atoms with Gasteiger partial charge in [-0.05, 0) is 0 Å². The maximum atomic E-state index is 3.64. The lowest BCUT2D eigenvalue weighted by Crippen LogP contribution is -2.09. The molecular weight excluding hydrogens is 280 g/mol. The molecule has 4 atom stereocenters. The third-order valence-corrected chi connectivity index (χ3v) is 4.16. The largest absolute Gasteiger partial charge is 0.0835 e. The Bertz CT molecular complexity index is 223. The van der Waals surface area contributed by atoms with Crippen molar-refractivity contribution in [1.82, 2.24) is 0 Å². The second kappa shape index (κ2) is 3.51. The van der Waals surface area contributed by atoms with Crippen molar-refractivity contribution in [2.75, 3.05) is 0 Å². The number of hydrogen-bond donors (Lipinski definition) is 0. The van der Waals surface area contributed by atoms with E-state index in [1.807, 2.05) is 0 Å². The van der Waals surface area contributed by atoms with Crippen LogP contribution in [0.2, 0.25) is 0 Å².